The van der Waals surface area contributed by atoms with Gasteiger partial charge in [0, 0.05) is 0 Å². The van der Waals surface area contributed by atoms with Crippen LogP contribution in [0.25, 0.3) is 0 Å². The minimum Gasteiger partial charge on any atom is -0.0690 e. The smallest absolute Gasteiger partial charge is 0.0690 e. The van der Waals surface area contributed by atoms with Crippen molar-refractivity contribution in [2.75, 3.05) is 0 Å². The molecule has 0 saturated carbocycles. The van der Waals surface area contributed by atoms with E-state index in [-0.39, 0.29) is 0 Å². The number of hydrogen-bond donors (Lipinski definition) is 0. The molecule has 0 amide bonds. The molecule has 0 nitrogen and oxygen atoms in total. The fourth-order valence-electron chi connectivity index (χ4n) is 3.30. The van der Waals surface area contributed by atoms with Crippen molar-refractivity contribution < 1.29 is 0 Å². The minimum absolute atomic E-state index is 0.802. The molecule has 0 aromatic rings. The Balaban J connectivity index is 4.83. The lowest BCUT2D eigenvalue weighted by atomic mass is 9.25. The van der Waals surface area contributed by atoms with E-state index in [0.29, 0.717) is 0 Å². The SMILES string of the molecule is CC(C)CC(C)B(C(C)C(C)C)C(C)C(C)C. The molecule has 0 fully saturated rings. The maximum absolute atomic E-state index is 2.47. The van der Waals surface area contributed by atoms with Gasteiger partial charge in [-0.25, -0.2) is 0 Å². The van der Waals surface area contributed by atoms with Crippen molar-refractivity contribution in [1.82, 2.24) is 0 Å². The van der Waals surface area contributed by atoms with Crippen molar-refractivity contribution in [3.63, 3.8) is 0 Å². The maximum atomic E-state index is 2.47. The summed E-state index contributed by atoms with van der Waals surface area (Å²) < 4.78 is 0. The molecular weight excluding hydrogens is 203 g/mol. The lowest BCUT2D eigenvalue weighted by Crippen LogP contribution is -2.34. The Hall–Kier alpha value is 0.0649. The highest BCUT2D eigenvalue weighted by Gasteiger charge is 2.35. The van der Waals surface area contributed by atoms with E-state index in [1.165, 1.54) is 6.42 Å². The first kappa shape index (κ1) is 17.1. The molecule has 0 aliphatic carbocycles. The van der Waals surface area contributed by atoms with Crippen LogP contribution >= 0.6 is 0 Å². The second-order valence-corrected chi connectivity index (χ2v) is 7.39. The zero-order valence-corrected chi connectivity index (χ0v) is 13.7. The minimum atomic E-state index is 0.802. The predicted molar refractivity (Wildman–Crippen MR) is 83.2 cm³/mol. The predicted octanol–water partition coefficient (Wildman–Crippen LogP) is 6.01. The van der Waals surface area contributed by atoms with Gasteiger partial charge in [0.25, 0.3) is 0 Å². The van der Waals surface area contributed by atoms with E-state index in [0.717, 1.165) is 41.9 Å². The van der Waals surface area contributed by atoms with Crippen LogP contribution in [0.2, 0.25) is 17.5 Å². The van der Waals surface area contributed by atoms with Gasteiger partial charge in [0.2, 0.25) is 0 Å². The van der Waals surface area contributed by atoms with Crippen molar-refractivity contribution in [3.05, 3.63) is 0 Å². The maximum Gasteiger partial charge on any atom is 0.149 e. The van der Waals surface area contributed by atoms with Gasteiger partial charge in [0.05, 0.1) is 0 Å². The average molecular weight is 238 g/mol. The summed E-state index contributed by atoms with van der Waals surface area (Å²) in [6, 6.07) is 0. The highest BCUT2D eigenvalue weighted by atomic mass is 14.2. The van der Waals surface area contributed by atoms with E-state index >= 15 is 0 Å². The van der Waals surface area contributed by atoms with Crippen molar-refractivity contribution in [2.45, 2.75) is 86.2 Å². The molecule has 0 saturated heterocycles. The van der Waals surface area contributed by atoms with Crippen LogP contribution in [0.1, 0.15) is 68.7 Å². The molecule has 102 valence electrons. The van der Waals surface area contributed by atoms with E-state index < -0.39 is 0 Å². The molecule has 0 aliphatic heterocycles. The summed E-state index contributed by atoms with van der Waals surface area (Å²) in [7, 11) is 0. The van der Waals surface area contributed by atoms with Gasteiger partial charge in [-0.2, -0.15) is 0 Å². The fourth-order valence-corrected chi connectivity index (χ4v) is 3.30. The Bertz CT molecular complexity index is 182. The van der Waals surface area contributed by atoms with Gasteiger partial charge in [0.1, 0.15) is 6.71 Å². The second-order valence-electron chi connectivity index (χ2n) is 7.39. The largest absolute Gasteiger partial charge is 0.149 e. The summed E-state index contributed by atoms with van der Waals surface area (Å²) in [5, 5.41) is 0. The van der Waals surface area contributed by atoms with Crippen LogP contribution in [0, 0.1) is 17.8 Å². The molecule has 0 aromatic heterocycles. The number of hydrogen-bond acceptors (Lipinski definition) is 0. The van der Waals surface area contributed by atoms with Crippen LogP contribution < -0.4 is 0 Å². The third-order valence-corrected chi connectivity index (χ3v) is 4.82. The Morgan fingerprint density at radius 3 is 1.24 bits per heavy atom. The molecule has 0 spiro atoms. The van der Waals surface area contributed by atoms with Gasteiger partial charge in [0.15, 0.2) is 0 Å². The Morgan fingerprint density at radius 2 is 1.00 bits per heavy atom. The Labute approximate surface area is 111 Å². The van der Waals surface area contributed by atoms with Gasteiger partial charge in [-0.15, -0.1) is 0 Å². The first-order valence-corrected chi connectivity index (χ1v) is 7.68. The molecule has 0 bridgehead atoms. The van der Waals surface area contributed by atoms with Gasteiger partial charge in [-0.05, 0) is 5.92 Å². The molecule has 3 atom stereocenters. The Morgan fingerprint density at radius 1 is 0.647 bits per heavy atom. The normalized spacial score (nSPS) is 17.6. The van der Waals surface area contributed by atoms with Crippen molar-refractivity contribution >= 4 is 6.71 Å². The summed E-state index contributed by atoms with van der Waals surface area (Å²) in [5.41, 5.74) is 0. The van der Waals surface area contributed by atoms with E-state index in [2.05, 4.69) is 62.3 Å². The number of rotatable bonds is 7. The zero-order valence-electron chi connectivity index (χ0n) is 13.7. The third-order valence-electron chi connectivity index (χ3n) is 4.82. The molecule has 0 radical (unpaired) electrons. The Kier molecular flexibility index (Phi) is 7.52. The van der Waals surface area contributed by atoms with Crippen molar-refractivity contribution in [3.8, 4) is 0 Å². The van der Waals surface area contributed by atoms with E-state index in [1.54, 1.807) is 0 Å². The summed E-state index contributed by atoms with van der Waals surface area (Å²) in [4.78, 5) is 0. The molecule has 3 unspecified atom stereocenters. The van der Waals surface area contributed by atoms with Crippen LogP contribution in [0.5, 0.6) is 0 Å². The summed E-state index contributed by atoms with van der Waals surface area (Å²) >= 11 is 0. The molecule has 17 heavy (non-hydrogen) atoms. The first-order valence-electron chi connectivity index (χ1n) is 7.68. The molecule has 1 heteroatoms. The van der Waals surface area contributed by atoms with E-state index in [9.17, 15) is 0 Å². The molecule has 0 heterocycles. The lowest BCUT2D eigenvalue weighted by Gasteiger charge is -2.36. The van der Waals surface area contributed by atoms with Crippen LogP contribution in [-0.4, -0.2) is 6.71 Å². The molecule has 0 N–H and O–H groups in total. The first-order chi connectivity index (χ1) is 7.68. The molecule has 0 aromatic carbocycles. The molecular formula is C16H35B. The van der Waals surface area contributed by atoms with Crippen molar-refractivity contribution in [2.24, 2.45) is 17.8 Å². The van der Waals surface area contributed by atoms with Gasteiger partial charge < -0.3 is 0 Å². The van der Waals surface area contributed by atoms with E-state index in [1.807, 2.05) is 0 Å². The summed E-state index contributed by atoms with van der Waals surface area (Å²) in [6.07, 6.45) is 1.37. The van der Waals surface area contributed by atoms with Crippen LogP contribution in [0.3, 0.4) is 0 Å². The molecule has 0 rings (SSSR count). The fraction of sp³-hybridized carbons (Fsp3) is 1.00. The van der Waals surface area contributed by atoms with Crippen LogP contribution in [-0.2, 0) is 0 Å². The topological polar surface area (TPSA) is 0 Å². The quantitative estimate of drug-likeness (QED) is 0.476. The average Bonchev–Trinajstić information content (AvgIpc) is 2.15. The van der Waals surface area contributed by atoms with Gasteiger partial charge in [-0.1, -0.05) is 98.0 Å². The van der Waals surface area contributed by atoms with Gasteiger partial charge in [-0.3, -0.25) is 0 Å². The van der Waals surface area contributed by atoms with Crippen LogP contribution in [0.15, 0.2) is 0 Å². The zero-order chi connectivity index (χ0) is 13.7. The van der Waals surface area contributed by atoms with Crippen LogP contribution in [0.4, 0.5) is 0 Å². The highest BCUT2D eigenvalue weighted by Crippen LogP contribution is 2.40. The van der Waals surface area contributed by atoms with Gasteiger partial charge >= 0.3 is 0 Å². The van der Waals surface area contributed by atoms with Crippen molar-refractivity contribution in [1.29, 1.82) is 0 Å². The molecule has 0 aliphatic rings. The van der Waals surface area contributed by atoms with E-state index in [4.69, 9.17) is 0 Å². The lowest BCUT2D eigenvalue weighted by molar-refractivity contribution is 0.515. The highest BCUT2D eigenvalue weighted by molar-refractivity contribution is 6.63. The standard InChI is InChI=1S/C16H35B/c1-11(2)10-14(7)17(15(8)12(3)4)16(9)13(5)6/h11-16H,10H2,1-9H3. The monoisotopic (exact) mass is 238 g/mol. The summed E-state index contributed by atoms with van der Waals surface area (Å²) in [6.45, 7) is 22.5. The third kappa shape index (κ3) is 5.49. The summed E-state index contributed by atoms with van der Waals surface area (Å²) in [5.74, 6) is 4.95. The second kappa shape index (κ2) is 7.49.